The van der Waals surface area contributed by atoms with Crippen LogP contribution in [0, 0.1) is 6.92 Å². The summed E-state index contributed by atoms with van der Waals surface area (Å²) in [6.07, 6.45) is 0. The van der Waals surface area contributed by atoms with E-state index in [1.54, 1.807) is 18.2 Å². The topological polar surface area (TPSA) is 63.6 Å². The minimum Gasteiger partial charge on any atom is -0.264 e. The standard InChI is InChI=1S/C8H10O4S/c1-7-3-2-4-8(5-7)6-12-13(9,10)11/h2-5H,6H2,1H3,(H,9,10,11). The molecule has 13 heavy (non-hydrogen) atoms. The van der Waals surface area contributed by atoms with Crippen LogP contribution >= 0.6 is 0 Å². The van der Waals surface area contributed by atoms with Crippen LogP contribution in [-0.4, -0.2) is 13.0 Å². The van der Waals surface area contributed by atoms with Gasteiger partial charge in [0.2, 0.25) is 0 Å². The normalized spacial score (nSPS) is 11.5. The highest BCUT2D eigenvalue weighted by atomic mass is 32.3. The van der Waals surface area contributed by atoms with Crippen LogP contribution < -0.4 is 0 Å². The Bertz CT molecular complexity index is 383. The molecule has 4 nitrogen and oxygen atoms in total. The minimum atomic E-state index is -4.34. The lowest BCUT2D eigenvalue weighted by molar-refractivity contribution is 0.259. The van der Waals surface area contributed by atoms with Crippen molar-refractivity contribution in [1.82, 2.24) is 0 Å². The van der Waals surface area contributed by atoms with Gasteiger partial charge in [0, 0.05) is 0 Å². The number of benzene rings is 1. The fourth-order valence-corrected chi connectivity index (χ4v) is 1.23. The van der Waals surface area contributed by atoms with Crippen LogP contribution in [0.15, 0.2) is 24.3 Å². The van der Waals surface area contributed by atoms with Crippen molar-refractivity contribution in [1.29, 1.82) is 0 Å². The molecular weight excluding hydrogens is 192 g/mol. The van der Waals surface area contributed by atoms with E-state index in [0.717, 1.165) is 5.56 Å². The van der Waals surface area contributed by atoms with Gasteiger partial charge in [-0.2, -0.15) is 8.42 Å². The first-order chi connectivity index (χ1) is 5.97. The summed E-state index contributed by atoms with van der Waals surface area (Å²) in [5.41, 5.74) is 1.72. The zero-order chi connectivity index (χ0) is 9.90. The molecule has 0 bridgehead atoms. The summed E-state index contributed by atoms with van der Waals surface area (Å²) >= 11 is 0. The van der Waals surface area contributed by atoms with Crippen molar-refractivity contribution in [3.8, 4) is 0 Å². The van der Waals surface area contributed by atoms with Crippen molar-refractivity contribution in [2.75, 3.05) is 0 Å². The number of hydrogen-bond donors (Lipinski definition) is 1. The summed E-state index contributed by atoms with van der Waals surface area (Å²) in [4.78, 5) is 0. The average molecular weight is 202 g/mol. The highest BCUT2D eigenvalue weighted by Gasteiger charge is 2.04. The van der Waals surface area contributed by atoms with E-state index in [-0.39, 0.29) is 6.61 Å². The van der Waals surface area contributed by atoms with Crippen molar-refractivity contribution in [3.05, 3.63) is 35.4 Å². The fourth-order valence-electron chi connectivity index (χ4n) is 0.944. The molecule has 0 radical (unpaired) electrons. The summed E-state index contributed by atoms with van der Waals surface area (Å²) in [7, 11) is -4.34. The Kier molecular flexibility index (Phi) is 3.02. The van der Waals surface area contributed by atoms with Crippen molar-refractivity contribution in [3.63, 3.8) is 0 Å². The fraction of sp³-hybridized carbons (Fsp3) is 0.250. The maximum atomic E-state index is 10.2. The zero-order valence-electron chi connectivity index (χ0n) is 7.10. The Morgan fingerprint density at radius 1 is 1.46 bits per heavy atom. The van der Waals surface area contributed by atoms with E-state index in [1.807, 2.05) is 13.0 Å². The average Bonchev–Trinajstić information content (AvgIpc) is 2.00. The van der Waals surface area contributed by atoms with Gasteiger partial charge in [-0.3, -0.25) is 4.55 Å². The maximum Gasteiger partial charge on any atom is 0.397 e. The molecule has 0 aromatic heterocycles. The predicted molar refractivity (Wildman–Crippen MR) is 47.5 cm³/mol. The van der Waals surface area contributed by atoms with Gasteiger partial charge < -0.3 is 0 Å². The van der Waals surface area contributed by atoms with Crippen LogP contribution in [0.25, 0.3) is 0 Å². The molecule has 0 heterocycles. The van der Waals surface area contributed by atoms with E-state index >= 15 is 0 Å². The van der Waals surface area contributed by atoms with Crippen molar-refractivity contribution >= 4 is 10.4 Å². The highest BCUT2D eigenvalue weighted by molar-refractivity contribution is 7.80. The molecule has 72 valence electrons. The summed E-state index contributed by atoms with van der Waals surface area (Å²) < 4.78 is 32.9. The Hall–Kier alpha value is -0.910. The lowest BCUT2D eigenvalue weighted by Gasteiger charge is -2.00. The Labute approximate surface area is 77.1 Å². The Balaban J connectivity index is 2.65. The quantitative estimate of drug-likeness (QED) is 0.751. The van der Waals surface area contributed by atoms with Gasteiger partial charge in [0.05, 0.1) is 6.61 Å². The molecule has 0 atom stereocenters. The Morgan fingerprint density at radius 2 is 2.15 bits per heavy atom. The van der Waals surface area contributed by atoms with Crippen molar-refractivity contribution < 1.29 is 17.2 Å². The summed E-state index contributed by atoms with van der Waals surface area (Å²) in [6.45, 7) is 1.75. The second kappa shape index (κ2) is 3.87. The van der Waals surface area contributed by atoms with E-state index in [1.165, 1.54) is 0 Å². The van der Waals surface area contributed by atoms with Gasteiger partial charge in [0.1, 0.15) is 0 Å². The van der Waals surface area contributed by atoms with Gasteiger partial charge in [0.15, 0.2) is 0 Å². The first kappa shape index (κ1) is 10.2. The van der Waals surface area contributed by atoms with Crippen LogP contribution in [0.4, 0.5) is 0 Å². The molecule has 0 amide bonds. The molecule has 0 aliphatic heterocycles. The SMILES string of the molecule is Cc1cccc(COS(=O)(=O)O)c1. The summed E-state index contributed by atoms with van der Waals surface area (Å²) in [5.74, 6) is 0. The Morgan fingerprint density at radius 3 is 2.69 bits per heavy atom. The van der Waals surface area contributed by atoms with Crippen LogP contribution in [0.2, 0.25) is 0 Å². The van der Waals surface area contributed by atoms with Crippen molar-refractivity contribution in [2.24, 2.45) is 0 Å². The lowest BCUT2D eigenvalue weighted by Crippen LogP contribution is -2.03. The minimum absolute atomic E-state index is 0.138. The molecule has 0 spiro atoms. The molecule has 1 N–H and O–H groups in total. The first-order valence-electron chi connectivity index (χ1n) is 3.65. The van der Waals surface area contributed by atoms with Crippen LogP contribution in [0.1, 0.15) is 11.1 Å². The molecule has 5 heteroatoms. The molecule has 1 rings (SSSR count). The van der Waals surface area contributed by atoms with E-state index in [2.05, 4.69) is 4.18 Å². The van der Waals surface area contributed by atoms with Crippen LogP contribution in [-0.2, 0) is 21.2 Å². The summed E-state index contributed by atoms with van der Waals surface area (Å²) in [5, 5.41) is 0. The van der Waals surface area contributed by atoms with Gasteiger partial charge in [-0.25, -0.2) is 4.18 Å². The molecule has 0 unspecified atom stereocenters. The number of rotatable bonds is 3. The number of aryl methyl sites for hydroxylation is 1. The van der Waals surface area contributed by atoms with E-state index in [4.69, 9.17) is 4.55 Å². The second-order valence-electron chi connectivity index (χ2n) is 2.68. The van der Waals surface area contributed by atoms with E-state index < -0.39 is 10.4 Å². The second-order valence-corrected chi connectivity index (χ2v) is 3.77. The molecular formula is C8H10O4S. The van der Waals surface area contributed by atoms with E-state index in [0.29, 0.717) is 5.56 Å². The van der Waals surface area contributed by atoms with Crippen LogP contribution in [0.3, 0.4) is 0 Å². The van der Waals surface area contributed by atoms with Gasteiger partial charge in [-0.05, 0) is 12.5 Å². The molecule has 1 aromatic carbocycles. The maximum absolute atomic E-state index is 10.2. The molecule has 0 aliphatic carbocycles. The van der Waals surface area contributed by atoms with Crippen molar-refractivity contribution in [2.45, 2.75) is 13.5 Å². The molecule has 0 saturated heterocycles. The number of hydrogen-bond acceptors (Lipinski definition) is 3. The monoisotopic (exact) mass is 202 g/mol. The highest BCUT2D eigenvalue weighted by Crippen LogP contribution is 2.06. The van der Waals surface area contributed by atoms with Gasteiger partial charge in [-0.1, -0.05) is 29.8 Å². The summed E-state index contributed by atoms with van der Waals surface area (Å²) in [6, 6.07) is 7.18. The van der Waals surface area contributed by atoms with Gasteiger partial charge >= 0.3 is 10.4 Å². The van der Waals surface area contributed by atoms with E-state index in [9.17, 15) is 8.42 Å². The molecule has 0 aliphatic rings. The third-order valence-corrected chi connectivity index (χ3v) is 1.87. The van der Waals surface area contributed by atoms with Gasteiger partial charge in [0.25, 0.3) is 0 Å². The third-order valence-electron chi connectivity index (χ3n) is 1.46. The van der Waals surface area contributed by atoms with Gasteiger partial charge in [-0.15, -0.1) is 0 Å². The van der Waals surface area contributed by atoms with Crippen LogP contribution in [0.5, 0.6) is 0 Å². The lowest BCUT2D eigenvalue weighted by atomic mass is 10.1. The zero-order valence-corrected chi connectivity index (χ0v) is 7.91. The smallest absolute Gasteiger partial charge is 0.264 e. The molecule has 1 aromatic rings. The largest absolute Gasteiger partial charge is 0.397 e. The molecule has 0 saturated carbocycles. The first-order valence-corrected chi connectivity index (χ1v) is 5.01. The predicted octanol–water partition coefficient (Wildman–Crippen LogP) is 1.31. The molecule has 0 fully saturated rings. The third kappa shape index (κ3) is 4.02.